The first-order chi connectivity index (χ1) is 8.47. The molecule has 0 bridgehead atoms. The molecule has 1 heterocycles. The lowest BCUT2D eigenvalue weighted by Gasteiger charge is -2.03. The van der Waals surface area contributed by atoms with Crippen LogP contribution in [0, 0.1) is 10.1 Å². The highest BCUT2D eigenvalue weighted by Crippen LogP contribution is 2.29. The van der Waals surface area contributed by atoms with Crippen LogP contribution in [0.4, 0.5) is 5.69 Å². The predicted octanol–water partition coefficient (Wildman–Crippen LogP) is 1.11. The number of hydrogen-bond acceptors (Lipinski definition) is 6. The zero-order chi connectivity index (χ0) is 13.3. The van der Waals surface area contributed by atoms with E-state index in [0.29, 0.717) is 0 Å². The Morgan fingerprint density at radius 2 is 2.00 bits per heavy atom. The molecule has 2 rings (SSSR count). The number of carbonyl (C=O) groups excluding carboxylic acids is 1. The molecule has 0 aliphatic rings. The van der Waals surface area contributed by atoms with Gasteiger partial charge in [0.25, 0.3) is 5.69 Å². The van der Waals surface area contributed by atoms with Crippen molar-refractivity contribution in [2.45, 2.75) is 4.90 Å². The van der Waals surface area contributed by atoms with Crippen molar-refractivity contribution < 1.29 is 18.1 Å². The smallest absolute Gasteiger partial charge is 0.278 e. The molecule has 0 unspecified atom stereocenters. The van der Waals surface area contributed by atoms with Crippen molar-refractivity contribution in [1.29, 1.82) is 0 Å². The Hall–Kier alpha value is -2.35. The summed E-state index contributed by atoms with van der Waals surface area (Å²) in [5.41, 5.74) is -0.552. The van der Waals surface area contributed by atoms with E-state index in [2.05, 4.69) is 4.98 Å². The minimum absolute atomic E-state index is 0.0745. The summed E-state index contributed by atoms with van der Waals surface area (Å²) in [4.78, 5) is 24.2. The van der Waals surface area contributed by atoms with Crippen LogP contribution in [0.15, 0.2) is 35.4 Å². The Labute approximate surface area is 101 Å². The molecule has 0 fully saturated rings. The number of hydrogen-bond donors (Lipinski definition) is 0. The Morgan fingerprint density at radius 3 is 2.61 bits per heavy atom. The molecule has 0 radical (unpaired) electrons. The number of aromatic nitrogens is 1. The van der Waals surface area contributed by atoms with Gasteiger partial charge in [0, 0.05) is 12.3 Å². The fourth-order valence-corrected chi connectivity index (χ4v) is 2.37. The second kappa shape index (κ2) is 4.15. The zero-order valence-corrected chi connectivity index (χ0v) is 9.62. The molecule has 0 N–H and O–H groups in total. The second-order valence-corrected chi connectivity index (χ2v) is 5.10. The lowest BCUT2D eigenvalue weighted by atomic mass is 10.2. The molecule has 8 heteroatoms. The molecule has 0 atom stereocenters. The molecule has 18 heavy (non-hydrogen) atoms. The molecule has 0 saturated carbocycles. The average molecular weight is 266 g/mol. The first-order valence-corrected chi connectivity index (χ1v) is 6.24. The SMILES string of the molecule is O=CS(=O)(=O)c1ccc([N+](=O)[O-])c2cccnc12. The topological polar surface area (TPSA) is 107 Å². The highest BCUT2D eigenvalue weighted by atomic mass is 32.2. The van der Waals surface area contributed by atoms with Crippen LogP contribution in [0.2, 0.25) is 0 Å². The molecular weight excluding hydrogens is 260 g/mol. The molecule has 92 valence electrons. The van der Waals surface area contributed by atoms with Crippen molar-refractivity contribution in [3.05, 3.63) is 40.6 Å². The van der Waals surface area contributed by atoms with Gasteiger partial charge in [-0.25, -0.2) is 8.42 Å². The summed E-state index contributed by atoms with van der Waals surface area (Å²) in [5, 5.41) is 10.9. The van der Waals surface area contributed by atoms with Gasteiger partial charge in [0.2, 0.25) is 15.5 Å². The van der Waals surface area contributed by atoms with Crippen LogP contribution in [-0.4, -0.2) is 23.9 Å². The van der Waals surface area contributed by atoms with Gasteiger partial charge in [0.15, 0.2) is 0 Å². The fourth-order valence-electron chi connectivity index (χ4n) is 1.57. The number of nitrogens with zero attached hydrogens (tertiary/aromatic N) is 2. The van der Waals surface area contributed by atoms with Crippen molar-refractivity contribution >= 4 is 32.0 Å². The second-order valence-electron chi connectivity index (χ2n) is 3.38. The van der Waals surface area contributed by atoms with Crippen LogP contribution in [-0.2, 0) is 14.6 Å². The molecule has 2 aromatic rings. The number of rotatable bonds is 3. The maximum Gasteiger partial charge on any atom is 0.278 e. The Kier molecular flexibility index (Phi) is 2.79. The van der Waals surface area contributed by atoms with Crippen LogP contribution in [0.3, 0.4) is 0 Å². The number of fused-ring (bicyclic) bond motifs is 1. The molecule has 1 aromatic heterocycles. The summed E-state index contributed by atoms with van der Waals surface area (Å²) in [6.45, 7) is 0. The van der Waals surface area contributed by atoms with Crippen LogP contribution < -0.4 is 0 Å². The molecular formula is C10H6N2O5S. The molecule has 0 aliphatic carbocycles. The van der Waals surface area contributed by atoms with Crippen LogP contribution in [0.1, 0.15) is 0 Å². The summed E-state index contributed by atoms with van der Waals surface area (Å²) in [7, 11) is -4.13. The van der Waals surface area contributed by atoms with E-state index in [1.807, 2.05) is 0 Å². The zero-order valence-electron chi connectivity index (χ0n) is 8.81. The number of carbonyl (C=O) groups is 1. The Morgan fingerprint density at radius 1 is 1.28 bits per heavy atom. The maximum absolute atomic E-state index is 11.5. The van der Waals surface area contributed by atoms with Crippen LogP contribution in [0.25, 0.3) is 10.9 Å². The van der Waals surface area contributed by atoms with Gasteiger partial charge in [-0.1, -0.05) is 0 Å². The Bertz CT molecular complexity index is 754. The van der Waals surface area contributed by atoms with E-state index in [1.165, 1.54) is 18.3 Å². The van der Waals surface area contributed by atoms with Gasteiger partial charge in [0.1, 0.15) is 4.90 Å². The molecule has 7 nitrogen and oxygen atoms in total. The molecule has 0 amide bonds. The third-order valence-electron chi connectivity index (χ3n) is 2.34. The van der Waals surface area contributed by atoms with Gasteiger partial charge < -0.3 is 0 Å². The van der Waals surface area contributed by atoms with E-state index < -0.39 is 14.8 Å². The number of benzene rings is 1. The Balaban J connectivity index is 2.94. The minimum Gasteiger partial charge on any atom is -0.285 e. The standard InChI is InChI=1S/C10H6N2O5S/c13-6-18(16,17)9-4-3-8(12(14)15)7-2-1-5-11-10(7)9/h1-6H. The number of pyridine rings is 1. The highest BCUT2D eigenvalue weighted by Gasteiger charge is 2.22. The van der Waals surface area contributed by atoms with Gasteiger partial charge in [-0.2, -0.15) is 0 Å². The molecule has 1 aromatic carbocycles. The fraction of sp³-hybridized carbons (Fsp3) is 0. The van der Waals surface area contributed by atoms with Gasteiger partial charge >= 0.3 is 0 Å². The lowest BCUT2D eigenvalue weighted by Crippen LogP contribution is -2.04. The van der Waals surface area contributed by atoms with E-state index in [-0.39, 0.29) is 27.1 Å². The summed E-state index contributed by atoms with van der Waals surface area (Å²) >= 11 is 0. The van der Waals surface area contributed by atoms with E-state index >= 15 is 0 Å². The summed E-state index contributed by atoms with van der Waals surface area (Å²) < 4.78 is 23.0. The van der Waals surface area contributed by atoms with E-state index in [1.54, 1.807) is 0 Å². The monoisotopic (exact) mass is 266 g/mol. The van der Waals surface area contributed by atoms with E-state index in [4.69, 9.17) is 0 Å². The van der Waals surface area contributed by atoms with E-state index in [9.17, 15) is 23.3 Å². The number of nitro benzene ring substituents is 1. The summed E-state index contributed by atoms with van der Waals surface area (Å²) in [6.07, 6.45) is 1.30. The van der Waals surface area contributed by atoms with E-state index in [0.717, 1.165) is 12.1 Å². The summed E-state index contributed by atoms with van der Waals surface area (Å²) in [5.74, 6) is 0. The van der Waals surface area contributed by atoms with Crippen LogP contribution >= 0.6 is 0 Å². The number of nitro groups is 1. The quantitative estimate of drug-likeness (QED) is 0.467. The minimum atomic E-state index is -4.13. The highest BCUT2D eigenvalue weighted by molar-refractivity contribution is 8.04. The van der Waals surface area contributed by atoms with Crippen molar-refractivity contribution in [3.63, 3.8) is 0 Å². The lowest BCUT2D eigenvalue weighted by molar-refractivity contribution is -0.383. The molecule has 0 aliphatic heterocycles. The summed E-state index contributed by atoms with van der Waals surface area (Å²) in [6, 6.07) is 4.88. The van der Waals surface area contributed by atoms with Gasteiger partial charge in [-0.05, 0) is 18.2 Å². The van der Waals surface area contributed by atoms with Crippen molar-refractivity contribution in [2.24, 2.45) is 0 Å². The van der Waals surface area contributed by atoms with Crippen molar-refractivity contribution in [1.82, 2.24) is 4.98 Å². The normalized spacial score (nSPS) is 11.3. The first kappa shape index (κ1) is 12.1. The van der Waals surface area contributed by atoms with Crippen molar-refractivity contribution in [2.75, 3.05) is 0 Å². The molecule has 0 spiro atoms. The van der Waals surface area contributed by atoms with Crippen LogP contribution in [0.5, 0.6) is 0 Å². The molecule has 0 saturated heterocycles. The van der Waals surface area contributed by atoms with Gasteiger partial charge in [-0.3, -0.25) is 19.9 Å². The number of non-ortho nitro benzene ring substituents is 1. The first-order valence-electron chi connectivity index (χ1n) is 4.70. The largest absolute Gasteiger partial charge is 0.285 e. The number of sulfone groups is 1. The van der Waals surface area contributed by atoms with Crippen molar-refractivity contribution in [3.8, 4) is 0 Å². The maximum atomic E-state index is 11.5. The third-order valence-corrected chi connectivity index (χ3v) is 3.54. The predicted molar refractivity (Wildman–Crippen MR) is 62.3 cm³/mol. The van der Waals surface area contributed by atoms with Gasteiger partial charge in [0.05, 0.1) is 15.8 Å². The van der Waals surface area contributed by atoms with Gasteiger partial charge in [-0.15, -0.1) is 0 Å². The average Bonchev–Trinajstić information content (AvgIpc) is 2.37. The third kappa shape index (κ3) is 1.82.